The molecule has 0 spiro atoms. The van der Waals surface area contributed by atoms with Gasteiger partial charge in [0, 0.05) is 12.1 Å². The van der Waals surface area contributed by atoms with Crippen LogP contribution in [0.25, 0.3) is 0 Å². The second kappa shape index (κ2) is 13.3. The van der Waals surface area contributed by atoms with Gasteiger partial charge in [-0.1, -0.05) is 30.3 Å². The van der Waals surface area contributed by atoms with E-state index in [1.54, 1.807) is 0 Å². The monoisotopic (exact) mass is 594 g/mol. The molecule has 2 aromatic rings. The van der Waals surface area contributed by atoms with Crippen LogP contribution in [0.5, 0.6) is 11.5 Å². The SMILES string of the molecule is COC(=O)c1c(O)cccc1OCCCCNC(=O)C(Cc1ccc(C(F)(F)P(=O)(O)O)cc1)NS(C)(=O)=O. The number of methoxy groups -OCH3 is 1. The standard InChI is InChI=1S/C23H29F2N2O10PS/c1-36-22(30)20-18(28)6-5-7-19(20)37-13-4-3-12-26-21(29)17(27-39(2,34)35)14-15-8-10-16(11-9-15)23(24,25)38(31,32)33/h5-11,17,27-28H,3-4,12-14H2,1-2H3,(H,26,29)(H2,31,32,33). The molecule has 0 bridgehead atoms. The van der Waals surface area contributed by atoms with E-state index in [1.807, 2.05) is 0 Å². The van der Waals surface area contributed by atoms with Gasteiger partial charge < -0.3 is 29.7 Å². The number of benzene rings is 2. The van der Waals surface area contributed by atoms with Gasteiger partial charge in [0.05, 0.1) is 20.0 Å². The molecule has 0 fully saturated rings. The summed E-state index contributed by atoms with van der Waals surface area (Å²) in [5.74, 6) is -1.65. The van der Waals surface area contributed by atoms with Gasteiger partial charge in [0.25, 0.3) is 0 Å². The lowest BCUT2D eigenvalue weighted by molar-refractivity contribution is -0.122. The smallest absolute Gasteiger partial charge is 0.399 e. The first-order chi connectivity index (χ1) is 18.1. The van der Waals surface area contributed by atoms with Crippen LogP contribution in [0.2, 0.25) is 0 Å². The molecule has 2 rings (SSSR count). The van der Waals surface area contributed by atoms with Gasteiger partial charge in [0.15, 0.2) is 0 Å². The van der Waals surface area contributed by atoms with Crippen molar-refractivity contribution in [3.63, 3.8) is 0 Å². The third-order valence-corrected chi connectivity index (χ3v) is 7.00. The van der Waals surface area contributed by atoms with E-state index < -0.39 is 46.8 Å². The van der Waals surface area contributed by atoms with Crippen molar-refractivity contribution in [2.24, 2.45) is 0 Å². The van der Waals surface area contributed by atoms with Crippen molar-refractivity contribution in [1.29, 1.82) is 0 Å². The number of carbonyl (C=O) groups excluding carboxylic acids is 2. The molecule has 0 aliphatic heterocycles. The molecule has 0 aliphatic rings. The fourth-order valence-electron chi connectivity index (χ4n) is 3.38. The molecule has 16 heteroatoms. The van der Waals surface area contributed by atoms with E-state index in [2.05, 4.69) is 14.8 Å². The van der Waals surface area contributed by atoms with Crippen LogP contribution >= 0.6 is 7.60 Å². The predicted octanol–water partition coefficient (Wildman–Crippen LogP) is 1.84. The summed E-state index contributed by atoms with van der Waals surface area (Å²) >= 11 is 0. The molecule has 1 atom stereocenters. The third-order valence-electron chi connectivity index (χ3n) is 5.30. The maximum atomic E-state index is 13.9. The molecule has 1 amide bonds. The molecule has 216 valence electrons. The number of halogens is 2. The number of phenols is 1. The number of rotatable bonds is 14. The zero-order valence-electron chi connectivity index (χ0n) is 21.0. The van der Waals surface area contributed by atoms with Gasteiger partial charge in [-0.2, -0.15) is 8.78 Å². The molecule has 0 aliphatic carbocycles. The lowest BCUT2D eigenvalue weighted by atomic mass is 10.0. The zero-order valence-corrected chi connectivity index (χ0v) is 22.7. The van der Waals surface area contributed by atoms with Crippen LogP contribution in [-0.4, -0.2) is 67.7 Å². The molecule has 0 heterocycles. The van der Waals surface area contributed by atoms with Crippen LogP contribution in [0, 0.1) is 0 Å². The minimum atomic E-state index is -5.76. The number of hydrogen-bond acceptors (Lipinski definition) is 8. The van der Waals surface area contributed by atoms with Crippen molar-refractivity contribution in [2.75, 3.05) is 26.5 Å². The Hall–Kier alpha value is -3.10. The summed E-state index contributed by atoms with van der Waals surface area (Å²) in [6, 6.07) is 6.80. The van der Waals surface area contributed by atoms with E-state index in [9.17, 15) is 36.5 Å². The Labute approximate surface area is 223 Å². The lowest BCUT2D eigenvalue weighted by Crippen LogP contribution is -2.47. The number of aromatic hydroxyl groups is 1. The van der Waals surface area contributed by atoms with Gasteiger partial charge >= 0.3 is 19.2 Å². The Balaban J connectivity index is 1.94. The highest BCUT2D eigenvalue weighted by Gasteiger charge is 2.50. The molecule has 1 unspecified atom stereocenters. The van der Waals surface area contributed by atoms with Gasteiger partial charge in [0.1, 0.15) is 23.1 Å². The van der Waals surface area contributed by atoms with Crippen LogP contribution in [-0.2, 0) is 36.2 Å². The van der Waals surface area contributed by atoms with Crippen molar-refractivity contribution in [2.45, 2.75) is 31.0 Å². The molecule has 0 saturated heterocycles. The second-order valence-corrected chi connectivity index (χ2v) is 11.8. The van der Waals surface area contributed by atoms with Gasteiger partial charge in [-0.3, -0.25) is 9.36 Å². The van der Waals surface area contributed by atoms with Crippen molar-refractivity contribution < 1.29 is 55.7 Å². The molecular weight excluding hydrogens is 565 g/mol. The van der Waals surface area contributed by atoms with Crippen molar-refractivity contribution in [3.05, 3.63) is 59.2 Å². The summed E-state index contributed by atoms with van der Waals surface area (Å²) in [7, 11) is -8.43. The third kappa shape index (κ3) is 9.25. The van der Waals surface area contributed by atoms with E-state index in [1.165, 1.54) is 18.2 Å². The van der Waals surface area contributed by atoms with E-state index >= 15 is 0 Å². The van der Waals surface area contributed by atoms with Gasteiger partial charge in [0.2, 0.25) is 15.9 Å². The average molecular weight is 595 g/mol. The van der Waals surface area contributed by atoms with E-state index in [0.717, 1.165) is 37.6 Å². The molecule has 12 nitrogen and oxygen atoms in total. The Morgan fingerprint density at radius 1 is 1.10 bits per heavy atom. The fourth-order valence-corrected chi connectivity index (χ4v) is 4.58. The van der Waals surface area contributed by atoms with Crippen LogP contribution < -0.4 is 14.8 Å². The minimum Gasteiger partial charge on any atom is -0.507 e. The van der Waals surface area contributed by atoms with Crippen LogP contribution in [0.15, 0.2) is 42.5 Å². The summed E-state index contributed by atoms with van der Waals surface area (Å²) in [4.78, 5) is 42.2. The van der Waals surface area contributed by atoms with Gasteiger partial charge in [-0.25, -0.2) is 17.9 Å². The Bertz CT molecular complexity index is 1320. The number of hydrogen-bond donors (Lipinski definition) is 5. The largest absolute Gasteiger partial charge is 0.507 e. The topological polar surface area (TPSA) is 189 Å². The minimum absolute atomic E-state index is 0.118. The summed E-state index contributed by atoms with van der Waals surface area (Å²) in [5, 5.41) is 12.4. The maximum Gasteiger partial charge on any atom is 0.399 e. The van der Waals surface area contributed by atoms with Crippen molar-refractivity contribution in [1.82, 2.24) is 10.0 Å². The first-order valence-corrected chi connectivity index (χ1v) is 14.9. The highest BCUT2D eigenvalue weighted by atomic mass is 32.2. The molecule has 0 saturated carbocycles. The molecule has 5 N–H and O–H groups in total. The Kier molecular flexibility index (Phi) is 11.0. The highest BCUT2D eigenvalue weighted by Crippen LogP contribution is 2.59. The van der Waals surface area contributed by atoms with E-state index in [0.29, 0.717) is 12.8 Å². The van der Waals surface area contributed by atoms with Crippen molar-refractivity contribution in [3.8, 4) is 11.5 Å². The molecule has 0 radical (unpaired) electrons. The van der Waals surface area contributed by atoms with Crippen LogP contribution in [0.3, 0.4) is 0 Å². The fraction of sp³-hybridized carbons (Fsp3) is 0.391. The van der Waals surface area contributed by atoms with E-state index in [-0.39, 0.29) is 42.2 Å². The number of sulfonamides is 1. The quantitative estimate of drug-likeness (QED) is 0.123. The number of alkyl halides is 2. The number of ether oxygens (including phenoxy) is 2. The average Bonchev–Trinajstić information content (AvgIpc) is 2.84. The number of phenolic OH excluding ortho intramolecular Hbond substituents is 1. The lowest BCUT2D eigenvalue weighted by Gasteiger charge is -2.20. The maximum absolute atomic E-state index is 13.9. The summed E-state index contributed by atoms with van der Waals surface area (Å²) in [5.41, 5.74) is -5.19. The number of unbranched alkanes of at least 4 members (excludes halogenated alkanes) is 1. The summed E-state index contributed by atoms with van der Waals surface area (Å²) < 4.78 is 74.6. The number of carbonyl (C=O) groups is 2. The summed E-state index contributed by atoms with van der Waals surface area (Å²) in [6.45, 7) is 0.251. The molecular formula is C23H29F2N2O10PS. The first-order valence-electron chi connectivity index (χ1n) is 11.4. The summed E-state index contributed by atoms with van der Waals surface area (Å²) in [6.07, 6.45) is 1.43. The molecule has 39 heavy (non-hydrogen) atoms. The van der Waals surface area contributed by atoms with Gasteiger partial charge in [-0.05, 0) is 37.0 Å². The van der Waals surface area contributed by atoms with E-state index in [4.69, 9.17) is 14.5 Å². The predicted molar refractivity (Wildman–Crippen MR) is 135 cm³/mol. The van der Waals surface area contributed by atoms with Crippen LogP contribution in [0.1, 0.15) is 34.3 Å². The number of amides is 1. The van der Waals surface area contributed by atoms with Crippen LogP contribution in [0.4, 0.5) is 8.78 Å². The molecule has 2 aromatic carbocycles. The number of esters is 1. The van der Waals surface area contributed by atoms with Crippen molar-refractivity contribution >= 4 is 29.5 Å². The van der Waals surface area contributed by atoms with Gasteiger partial charge in [-0.15, -0.1) is 0 Å². The number of nitrogens with one attached hydrogen (secondary N) is 2. The normalized spacial score (nSPS) is 13.0. The zero-order chi connectivity index (χ0) is 29.4. The Morgan fingerprint density at radius 3 is 2.31 bits per heavy atom. The molecule has 0 aromatic heterocycles. The first kappa shape index (κ1) is 32.1. The highest BCUT2D eigenvalue weighted by molar-refractivity contribution is 7.88. The Morgan fingerprint density at radius 2 is 1.74 bits per heavy atom. The second-order valence-electron chi connectivity index (χ2n) is 8.42.